The van der Waals surface area contributed by atoms with Crippen molar-refractivity contribution in [3.63, 3.8) is 0 Å². The molecule has 0 radical (unpaired) electrons. The van der Waals surface area contributed by atoms with E-state index in [2.05, 4.69) is 22.6 Å². The molecule has 0 saturated carbocycles. The molecule has 0 atom stereocenters. The lowest BCUT2D eigenvalue weighted by Gasteiger charge is -2.10. The molecule has 0 heterocycles. The molecule has 0 fully saturated rings. The van der Waals surface area contributed by atoms with Crippen LogP contribution in [0.2, 0.25) is 0 Å². The fourth-order valence-corrected chi connectivity index (χ4v) is 1.90. The van der Waals surface area contributed by atoms with Gasteiger partial charge in [0.05, 0.1) is 9.13 Å². The Hall–Kier alpha value is -1.56. The van der Waals surface area contributed by atoms with Gasteiger partial charge in [0, 0.05) is 0 Å². The maximum absolute atomic E-state index is 11.2. The Labute approximate surface area is 113 Å². The minimum Gasteiger partial charge on any atom is -0.455 e. The van der Waals surface area contributed by atoms with Crippen molar-refractivity contribution in [2.45, 2.75) is 0 Å². The van der Waals surface area contributed by atoms with Crippen LogP contribution in [-0.2, 0) is 0 Å². The summed E-state index contributed by atoms with van der Waals surface area (Å²) in [6, 6.07) is 14.5. The normalized spacial score (nSPS) is 9.94. The first-order valence-corrected chi connectivity index (χ1v) is 6.07. The number of hydrogen-bond donors (Lipinski definition) is 1. The van der Waals surface area contributed by atoms with E-state index in [4.69, 9.17) is 10.5 Å². The van der Waals surface area contributed by atoms with Crippen molar-refractivity contribution in [3.05, 3.63) is 57.7 Å². The molecule has 1 amide bonds. The summed E-state index contributed by atoms with van der Waals surface area (Å²) in [5, 5.41) is 0. The van der Waals surface area contributed by atoms with Gasteiger partial charge in [0.15, 0.2) is 0 Å². The quantitative estimate of drug-likeness (QED) is 0.874. The van der Waals surface area contributed by atoms with E-state index >= 15 is 0 Å². The van der Waals surface area contributed by atoms with Crippen molar-refractivity contribution in [1.29, 1.82) is 0 Å². The number of benzene rings is 2. The molecule has 0 bridgehead atoms. The van der Waals surface area contributed by atoms with E-state index in [1.165, 1.54) is 0 Å². The smallest absolute Gasteiger partial charge is 0.252 e. The Bertz CT molecular complexity index is 555. The van der Waals surface area contributed by atoms with Crippen LogP contribution < -0.4 is 10.5 Å². The van der Waals surface area contributed by atoms with Gasteiger partial charge in [-0.25, -0.2) is 0 Å². The molecule has 0 unspecified atom stereocenters. The van der Waals surface area contributed by atoms with E-state index < -0.39 is 5.91 Å². The molecule has 0 saturated heterocycles. The Balaban J connectivity index is 2.37. The summed E-state index contributed by atoms with van der Waals surface area (Å²) in [4.78, 5) is 11.2. The average molecular weight is 339 g/mol. The second-order valence-corrected chi connectivity index (χ2v) is 4.56. The van der Waals surface area contributed by atoms with Crippen LogP contribution in [0.25, 0.3) is 0 Å². The highest BCUT2D eigenvalue weighted by Gasteiger charge is 2.10. The summed E-state index contributed by atoms with van der Waals surface area (Å²) in [6.07, 6.45) is 0. The highest BCUT2D eigenvalue weighted by Crippen LogP contribution is 2.28. The molecule has 2 aromatic rings. The van der Waals surface area contributed by atoms with E-state index in [-0.39, 0.29) is 0 Å². The molecule has 4 heteroatoms. The average Bonchev–Trinajstić information content (AvgIpc) is 2.32. The van der Waals surface area contributed by atoms with Crippen molar-refractivity contribution in [3.8, 4) is 11.5 Å². The number of rotatable bonds is 3. The van der Waals surface area contributed by atoms with Crippen LogP contribution >= 0.6 is 22.6 Å². The van der Waals surface area contributed by atoms with E-state index in [0.29, 0.717) is 17.1 Å². The third kappa shape index (κ3) is 2.76. The molecule has 3 nitrogen and oxygen atoms in total. The second-order valence-electron chi connectivity index (χ2n) is 3.39. The van der Waals surface area contributed by atoms with E-state index in [0.717, 1.165) is 3.57 Å². The number of halogens is 1. The molecule has 0 aliphatic heterocycles. The van der Waals surface area contributed by atoms with Gasteiger partial charge in [0.1, 0.15) is 11.5 Å². The third-order valence-corrected chi connectivity index (χ3v) is 3.10. The first kappa shape index (κ1) is 11.9. The van der Waals surface area contributed by atoms with Gasteiger partial charge >= 0.3 is 0 Å². The van der Waals surface area contributed by atoms with Crippen LogP contribution in [0.4, 0.5) is 0 Å². The number of hydrogen-bond acceptors (Lipinski definition) is 2. The van der Waals surface area contributed by atoms with Gasteiger partial charge in [-0.2, -0.15) is 0 Å². The number of amides is 1. The number of primary amides is 1. The molecule has 17 heavy (non-hydrogen) atoms. The molecule has 2 rings (SSSR count). The molecular weight excluding hydrogens is 329 g/mol. The third-order valence-electron chi connectivity index (χ3n) is 2.21. The van der Waals surface area contributed by atoms with Crippen molar-refractivity contribution >= 4 is 28.5 Å². The zero-order chi connectivity index (χ0) is 12.3. The summed E-state index contributed by atoms with van der Waals surface area (Å²) in [5.41, 5.74) is 5.67. The Morgan fingerprint density at radius 1 is 1.00 bits per heavy atom. The minimum atomic E-state index is -0.494. The number of carbonyl (C=O) groups is 1. The van der Waals surface area contributed by atoms with Gasteiger partial charge in [0.25, 0.3) is 5.91 Å². The Morgan fingerprint density at radius 3 is 2.24 bits per heavy atom. The number of ether oxygens (including phenoxy) is 1. The van der Waals surface area contributed by atoms with E-state index in [1.54, 1.807) is 24.3 Å². The number of carbonyl (C=O) groups excluding carboxylic acids is 1. The number of nitrogens with two attached hydrogens (primary N) is 1. The maximum atomic E-state index is 11.2. The topological polar surface area (TPSA) is 52.3 Å². The van der Waals surface area contributed by atoms with Crippen LogP contribution in [-0.4, -0.2) is 5.91 Å². The van der Waals surface area contributed by atoms with Crippen LogP contribution in [0.5, 0.6) is 11.5 Å². The number of para-hydroxylation sites is 2. The fraction of sp³-hybridized carbons (Fsp3) is 0. The molecule has 0 aromatic heterocycles. The first-order chi connectivity index (χ1) is 8.18. The molecule has 2 aromatic carbocycles. The van der Waals surface area contributed by atoms with Crippen molar-refractivity contribution in [1.82, 2.24) is 0 Å². The van der Waals surface area contributed by atoms with Crippen LogP contribution in [0.1, 0.15) is 10.4 Å². The summed E-state index contributed by atoms with van der Waals surface area (Å²) < 4.78 is 6.67. The predicted octanol–water partition coefficient (Wildman–Crippen LogP) is 3.18. The van der Waals surface area contributed by atoms with Gasteiger partial charge in [0.2, 0.25) is 0 Å². The van der Waals surface area contributed by atoms with Crippen molar-refractivity contribution in [2.24, 2.45) is 5.73 Å². The maximum Gasteiger partial charge on any atom is 0.252 e. The highest BCUT2D eigenvalue weighted by atomic mass is 127. The molecular formula is C13H10INO2. The summed E-state index contributed by atoms with van der Waals surface area (Å²) in [7, 11) is 0. The van der Waals surface area contributed by atoms with E-state index in [9.17, 15) is 4.79 Å². The monoisotopic (exact) mass is 339 g/mol. The Morgan fingerprint density at radius 2 is 1.59 bits per heavy atom. The van der Waals surface area contributed by atoms with Crippen LogP contribution in [0, 0.1) is 3.57 Å². The van der Waals surface area contributed by atoms with Crippen LogP contribution in [0.15, 0.2) is 48.5 Å². The van der Waals surface area contributed by atoms with Gasteiger partial charge in [-0.3, -0.25) is 4.79 Å². The molecule has 0 aliphatic carbocycles. The molecule has 2 N–H and O–H groups in total. The fourth-order valence-electron chi connectivity index (χ4n) is 1.41. The molecule has 0 spiro atoms. The first-order valence-electron chi connectivity index (χ1n) is 4.99. The van der Waals surface area contributed by atoms with Gasteiger partial charge in [-0.15, -0.1) is 0 Å². The van der Waals surface area contributed by atoms with Crippen molar-refractivity contribution in [2.75, 3.05) is 0 Å². The highest BCUT2D eigenvalue weighted by molar-refractivity contribution is 14.1. The van der Waals surface area contributed by atoms with Gasteiger partial charge < -0.3 is 10.5 Å². The Kier molecular flexibility index (Phi) is 3.63. The van der Waals surface area contributed by atoms with Crippen molar-refractivity contribution < 1.29 is 9.53 Å². The lowest BCUT2D eigenvalue weighted by molar-refractivity contribution is 0.0998. The zero-order valence-corrected chi connectivity index (χ0v) is 11.0. The SMILES string of the molecule is NC(=O)c1ccccc1Oc1ccccc1I. The predicted molar refractivity (Wildman–Crippen MR) is 74.2 cm³/mol. The minimum absolute atomic E-state index is 0.382. The van der Waals surface area contributed by atoms with Gasteiger partial charge in [-0.05, 0) is 46.9 Å². The van der Waals surface area contributed by atoms with E-state index in [1.807, 2.05) is 24.3 Å². The van der Waals surface area contributed by atoms with Crippen LogP contribution in [0.3, 0.4) is 0 Å². The second kappa shape index (κ2) is 5.18. The molecule has 0 aliphatic rings. The standard InChI is InChI=1S/C13H10INO2/c14-10-6-2-4-8-12(10)17-11-7-3-1-5-9(11)13(15)16/h1-8H,(H2,15,16). The lowest BCUT2D eigenvalue weighted by atomic mass is 10.2. The summed E-state index contributed by atoms with van der Waals surface area (Å²) >= 11 is 2.18. The zero-order valence-electron chi connectivity index (χ0n) is 8.89. The lowest BCUT2D eigenvalue weighted by Crippen LogP contribution is -2.12. The van der Waals surface area contributed by atoms with Gasteiger partial charge in [-0.1, -0.05) is 24.3 Å². The summed E-state index contributed by atoms with van der Waals surface area (Å²) in [5.74, 6) is 0.692. The summed E-state index contributed by atoms with van der Waals surface area (Å²) in [6.45, 7) is 0. The largest absolute Gasteiger partial charge is 0.455 e. The molecule has 86 valence electrons.